The molecule has 2 fully saturated rings. The third-order valence-electron chi connectivity index (χ3n) is 5.37. The molecule has 0 spiro atoms. The van der Waals surface area contributed by atoms with Gasteiger partial charge in [-0.05, 0) is 50.2 Å². The molecule has 1 aromatic heterocycles. The van der Waals surface area contributed by atoms with Crippen molar-refractivity contribution in [3.63, 3.8) is 0 Å². The highest BCUT2D eigenvalue weighted by molar-refractivity contribution is 7.80. The first-order valence-corrected chi connectivity index (χ1v) is 10.1. The van der Waals surface area contributed by atoms with E-state index in [2.05, 4.69) is 45.1 Å². The topological polar surface area (TPSA) is 32.7 Å². The molecule has 0 aliphatic carbocycles. The number of hydrogen-bond donors (Lipinski definition) is 1. The summed E-state index contributed by atoms with van der Waals surface area (Å²) in [5.74, 6) is 0. The van der Waals surface area contributed by atoms with E-state index >= 15 is 0 Å². The Bertz CT molecular complexity index is 541. The molecule has 0 unspecified atom stereocenters. The lowest BCUT2D eigenvalue weighted by Crippen LogP contribution is -2.43. The third-order valence-corrected chi connectivity index (χ3v) is 5.75. The summed E-state index contributed by atoms with van der Waals surface area (Å²) in [6.45, 7) is 7.01. The van der Waals surface area contributed by atoms with E-state index in [0.29, 0.717) is 6.04 Å². The number of morpholine rings is 1. The Morgan fingerprint density at radius 2 is 2.08 bits per heavy atom. The zero-order valence-electron chi connectivity index (χ0n) is 15.5. The Balaban J connectivity index is 1.50. The molecule has 0 radical (unpaired) electrons. The highest BCUT2D eigenvalue weighted by Gasteiger charge is 2.26. The van der Waals surface area contributed by atoms with Gasteiger partial charge in [0, 0.05) is 45.1 Å². The maximum absolute atomic E-state index is 5.77. The van der Waals surface area contributed by atoms with Crippen LogP contribution >= 0.6 is 12.2 Å². The maximum atomic E-state index is 5.77. The average molecular weight is 365 g/mol. The molecule has 0 aromatic carbocycles. The van der Waals surface area contributed by atoms with Crippen LogP contribution in [-0.4, -0.2) is 65.4 Å². The van der Waals surface area contributed by atoms with E-state index in [1.54, 1.807) is 0 Å². The van der Waals surface area contributed by atoms with Crippen LogP contribution in [0.2, 0.25) is 0 Å². The lowest BCUT2D eigenvalue weighted by atomic mass is 10.1. The summed E-state index contributed by atoms with van der Waals surface area (Å²) in [7, 11) is 2.14. The fourth-order valence-corrected chi connectivity index (χ4v) is 4.22. The van der Waals surface area contributed by atoms with Gasteiger partial charge >= 0.3 is 0 Å². The van der Waals surface area contributed by atoms with Crippen LogP contribution in [0.15, 0.2) is 18.3 Å². The van der Waals surface area contributed by atoms with Crippen molar-refractivity contribution in [3.05, 3.63) is 24.0 Å². The van der Waals surface area contributed by atoms with Crippen molar-refractivity contribution >= 4 is 17.3 Å². The smallest absolute Gasteiger partial charge is 0.169 e. The molecule has 0 bridgehead atoms. The maximum Gasteiger partial charge on any atom is 0.169 e. The molecular weight excluding hydrogens is 332 g/mol. The quantitative estimate of drug-likeness (QED) is 0.641. The molecule has 0 amide bonds. The molecule has 1 atom stereocenters. The summed E-state index contributed by atoms with van der Waals surface area (Å²) in [5.41, 5.74) is 1.37. The number of thiocarbonyl (C=S) groups is 1. The number of aryl methyl sites for hydroxylation is 1. The summed E-state index contributed by atoms with van der Waals surface area (Å²) in [6, 6.07) is 4.78. The van der Waals surface area contributed by atoms with Crippen molar-refractivity contribution in [1.29, 1.82) is 0 Å². The number of aromatic nitrogens is 1. The van der Waals surface area contributed by atoms with Gasteiger partial charge in [-0.1, -0.05) is 12.8 Å². The summed E-state index contributed by atoms with van der Waals surface area (Å²) >= 11 is 5.77. The van der Waals surface area contributed by atoms with Gasteiger partial charge in [0.1, 0.15) is 0 Å². The zero-order valence-corrected chi connectivity index (χ0v) is 16.3. The molecule has 5 nitrogen and oxygen atoms in total. The molecule has 6 heteroatoms. The van der Waals surface area contributed by atoms with Crippen molar-refractivity contribution in [2.75, 3.05) is 45.9 Å². The third kappa shape index (κ3) is 5.19. The van der Waals surface area contributed by atoms with Crippen LogP contribution in [0.4, 0.5) is 0 Å². The molecular formula is C19H32N4OS. The number of hydrogen-bond acceptors (Lipinski definition) is 3. The largest absolute Gasteiger partial charge is 0.379 e. The van der Waals surface area contributed by atoms with E-state index in [4.69, 9.17) is 17.0 Å². The molecule has 25 heavy (non-hydrogen) atoms. The molecule has 2 saturated heterocycles. The SMILES string of the molecule is Cn1cccc1[C@@H]1CCCCCN1C(=S)NCCCN1CCOCC1. The second kappa shape index (κ2) is 9.55. The predicted molar refractivity (Wildman–Crippen MR) is 106 cm³/mol. The zero-order chi connectivity index (χ0) is 17.5. The summed E-state index contributed by atoms with van der Waals surface area (Å²) in [5, 5.41) is 4.45. The van der Waals surface area contributed by atoms with Crippen molar-refractivity contribution in [1.82, 2.24) is 19.7 Å². The number of likely N-dealkylation sites (tertiary alicyclic amines) is 1. The first kappa shape index (κ1) is 18.7. The van der Waals surface area contributed by atoms with Crippen molar-refractivity contribution in [3.8, 4) is 0 Å². The Morgan fingerprint density at radius 3 is 2.84 bits per heavy atom. The Labute approximate surface area is 157 Å². The molecule has 1 aromatic rings. The van der Waals surface area contributed by atoms with Gasteiger partial charge < -0.3 is 19.5 Å². The normalized spacial score (nSPS) is 22.6. The van der Waals surface area contributed by atoms with Gasteiger partial charge in [-0.15, -0.1) is 0 Å². The van der Waals surface area contributed by atoms with Crippen LogP contribution in [0.25, 0.3) is 0 Å². The van der Waals surface area contributed by atoms with Gasteiger partial charge in [-0.25, -0.2) is 0 Å². The lowest BCUT2D eigenvalue weighted by Gasteiger charge is -2.33. The second-order valence-electron chi connectivity index (χ2n) is 7.14. The van der Waals surface area contributed by atoms with Crippen LogP contribution in [0.1, 0.15) is 43.8 Å². The molecule has 3 heterocycles. The Morgan fingerprint density at radius 1 is 1.24 bits per heavy atom. The fourth-order valence-electron chi connectivity index (χ4n) is 3.90. The van der Waals surface area contributed by atoms with Gasteiger partial charge in [-0.3, -0.25) is 4.90 Å². The minimum absolute atomic E-state index is 0.404. The van der Waals surface area contributed by atoms with Crippen LogP contribution in [-0.2, 0) is 11.8 Å². The van der Waals surface area contributed by atoms with E-state index < -0.39 is 0 Å². The molecule has 0 saturated carbocycles. The van der Waals surface area contributed by atoms with Gasteiger partial charge in [0.2, 0.25) is 0 Å². The van der Waals surface area contributed by atoms with Crippen LogP contribution in [0.3, 0.4) is 0 Å². The summed E-state index contributed by atoms with van der Waals surface area (Å²) < 4.78 is 7.65. The number of nitrogens with one attached hydrogen (secondary N) is 1. The minimum Gasteiger partial charge on any atom is -0.379 e. The van der Waals surface area contributed by atoms with E-state index in [1.807, 2.05) is 0 Å². The molecule has 3 rings (SSSR count). The van der Waals surface area contributed by atoms with Crippen molar-refractivity contribution < 1.29 is 4.74 Å². The van der Waals surface area contributed by atoms with Gasteiger partial charge in [0.25, 0.3) is 0 Å². The van der Waals surface area contributed by atoms with Crippen LogP contribution in [0, 0.1) is 0 Å². The Hall–Kier alpha value is -1.11. The van der Waals surface area contributed by atoms with Gasteiger partial charge in [0.15, 0.2) is 5.11 Å². The van der Waals surface area contributed by atoms with Gasteiger partial charge in [-0.2, -0.15) is 0 Å². The molecule has 140 valence electrons. The number of rotatable bonds is 5. The van der Waals surface area contributed by atoms with Crippen LogP contribution in [0.5, 0.6) is 0 Å². The summed E-state index contributed by atoms with van der Waals surface area (Å²) in [4.78, 5) is 4.90. The molecule has 2 aliphatic rings. The lowest BCUT2D eigenvalue weighted by molar-refractivity contribution is 0.0375. The average Bonchev–Trinajstić information content (AvgIpc) is 2.91. The summed E-state index contributed by atoms with van der Waals surface area (Å²) in [6.07, 6.45) is 8.27. The fraction of sp³-hybridized carbons (Fsp3) is 0.737. The second-order valence-corrected chi connectivity index (χ2v) is 7.53. The first-order valence-electron chi connectivity index (χ1n) is 9.71. The standard InChI is InChI=1S/C19H32N4OS/c1-21-10-5-8-17(21)18-7-3-2-4-12-23(18)19(25)20-9-6-11-22-13-15-24-16-14-22/h5,8,10,18H,2-4,6-7,9,11-16H2,1H3,(H,20,25)/t18-/m0/s1. The number of nitrogens with zero attached hydrogens (tertiary/aromatic N) is 3. The minimum atomic E-state index is 0.404. The molecule has 1 N–H and O–H groups in total. The monoisotopic (exact) mass is 364 g/mol. The first-order chi connectivity index (χ1) is 12.3. The highest BCUT2D eigenvalue weighted by Crippen LogP contribution is 2.30. The van der Waals surface area contributed by atoms with E-state index in [-0.39, 0.29) is 0 Å². The highest BCUT2D eigenvalue weighted by atomic mass is 32.1. The predicted octanol–water partition coefficient (Wildman–Crippen LogP) is 2.54. The van der Waals surface area contributed by atoms with E-state index in [1.165, 1.54) is 31.4 Å². The number of ether oxygens (including phenoxy) is 1. The Kier molecular flexibility index (Phi) is 7.13. The van der Waals surface area contributed by atoms with E-state index in [9.17, 15) is 0 Å². The van der Waals surface area contributed by atoms with Crippen molar-refractivity contribution in [2.45, 2.75) is 38.1 Å². The van der Waals surface area contributed by atoms with Crippen LogP contribution < -0.4 is 5.32 Å². The van der Waals surface area contributed by atoms with E-state index in [0.717, 1.165) is 57.5 Å². The van der Waals surface area contributed by atoms with Gasteiger partial charge in [0.05, 0.1) is 19.3 Å². The van der Waals surface area contributed by atoms with Crippen molar-refractivity contribution in [2.24, 2.45) is 7.05 Å². The molecule has 2 aliphatic heterocycles.